The Balaban J connectivity index is 1.73. The molecular formula is C45H56HfSi2. The molecule has 0 bridgehead atoms. The second-order valence-electron chi connectivity index (χ2n) is 18.3. The van der Waals surface area contributed by atoms with E-state index in [1.54, 1.807) is 17.7 Å². The zero-order chi connectivity index (χ0) is 34.8. The molecule has 2 aliphatic rings. The molecule has 48 heavy (non-hydrogen) atoms. The second kappa shape index (κ2) is 12.7. The van der Waals surface area contributed by atoms with Crippen LogP contribution in [-0.2, 0) is 31.8 Å². The summed E-state index contributed by atoms with van der Waals surface area (Å²) in [5.41, 5.74) is 12.0. The molecule has 0 unspecified atom stereocenters. The van der Waals surface area contributed by atoms with Gasteiger partial charge in [-0.25, -0.2) is 0 Å². The van der Waals surface area contributed by atoms with Crippen LogP contribution in [0.1, 0.15) is 85.0 Å². The van der Waals surface area contributed by atoms with E-state index in [4.69, 9.17) is 0 Å². The van der Waals surface area contributed by atoms with E-state index in [0.717, 1.165) is 6.42 Å². The average Bonchev–Trinajstić information content (AvgIpc) is 3.64. The van der Waals surface area contributed by atoms with Gasteiger partial charge in [-0.05, 0) is 0 Å². The quantitative estimate of drug-likeness (QED) is 0.170. The number of benzene rings is 4. The van der Waals surface area contributed by atoms with Crippen molar-refractivity contribution in [3.8, 4) is 11.1 Å². The molecule has 0 aliphatic heterocycles. The third-order valence-corrected chi connectivity index (χ3v) is 26.8. The Morgan fingerprint density at radius 2 is 1.00 bits per heavy atom. The van der Waals surface area contributed by atoms with E-state index in [1.165, 1.54) is 43.8 Å². The van der Waals surface area contributed by atoms with Gasteiger partial charge in [-0.2, -0.15) is 0 Å². The van der Waals surface area contributed by atoms with Gasteiger partial charge >= 0.3 is 303 Å². The van der Waals surface area contributed by atoms with Crippen molar-refractivity contribution in [3.63, 3.8) is 0 Å². The van der Waals surface area contributed by atoms with Crippen LogP contribution in [0, 0.1) is 0 Å². The Morgan fingerprint density at radius 1 is 0.583 bits per heavy atom. The number of hydrogen-bond acceptors (Lipinski definition) is 0. The molecule has 0 atom stereocenters. The van der Waals surface area contributed by atoms with Gasteiger partial charge in [0.05, 0.1) is 0 Å². The molecule has 3 heteroatoms. The minimum atomic E-state index is -3.03. The van der Waals surface area contributed by atoms with Crippen LogP contribution >= 0.6 is 0 Å². The zero-order valence-corrected chi connectivity index (χ0v) is 37.2. The van der Waals surface area contributed by atoms with E-state index in [0.29, 0.717) is 3.67 Å². The summed E-state index contributed by atoms with van der Waals surface area (Å²) in [6.45, 7) is 29.0. The first-order chi connectivity index (χ1) is 22.3. The molecule has 0 saturated carbocycles. The zero-order valence-electron chi connectivity index (χ0n) is 31.6. The Kier molecular flexibility index (Phi) is 9.35. The van der Waals surface area contributed by atoms with Crippen molar-refractivity contribution in [3.05, 3.63) is 140 Å². The van der Waals surface area contributed by atoms with Crippen LogP contribution in [0.3, 0.4) is 0 Å². The van der Waals surface area contributed by atoms with Crippen molar-refractivity contribution in [1.82, 2.24) is 0 Å². The fraction of sp³-hybridized carbons (Fsp3) is 0.356. The summed E-state index contributed by atoms with van der Waals surface area (Å²) >= 11 is -3.03. The molecule has 0 amide bonds. The Hall–Kier alpha value is -2.47. The minimum absolute atomic E-state index is 0.0936. The predicted octanol–water partition coefficient (Wildman–Crippen LogP) is 11.2. The van der Waals surface area contributed by atoms with E-state index in [9.17, 15) is 0 Å². The first kappa shape index (κ1) is 35.4. The number of fused-ring (bicyclic) bond motifs is 3. The van der Waals surface area contributed by atoms with Gasteiger partial charge in [-0.15, -0.1) is 0 Å². The van der Waals surface area contributed by atoms with Gasteiger partial charge in [-0.3, -0.25) is 0 Å². The summed E-state index contributed by atoms with van der Waals surface area (Å²) in [4.78, 5) is 0. The maximum atomic E-state index is 2.62. The van der Waals surface area contributed by atoms with Crippen LogP contribution in [0.15, 0.2) is 106 Å². The Morgan fingerprint density at radius 3 is 1.33 bits per heavy atom. The van der Waals surface area contributed by atoms with Crippen molar-refractivity contribution in [2.75, 3.05) is 0 Å². The van der Waals surface area contributed by atoms with Crippen molar-refractivity contribution in [1.29, 1.82) is 0 Å². The first-order valence-electron chi connectivity index (χ1n) is 18.0. The summed E-state index contributed by atoms with van der Waals surface area (Å²) in [6, 6.07) is 34.8. The van der Waals surface area contributed by atoms with Gasteiger partial charge in [-0.1, -0.05) is 0 Å². The van der Waals surface area contributed by atoms with Crippen LogP contribution in [0.4, 0.5) is 0 Å². The van der Waals surface area contributed by atoms with E-state index < -0.39 is 37.1 Å². The molecule has 4 aromatic carbocycles. The molecule has 0 aromatic heterocycles. The molecule has 2 aliphatic carbocycles. The van der Waals surface area contributed by atoms with Gasteiger partial charge < -0.3 is 0 Å². The van der Waals surface area contributed by atoms with Crippen LogP contribution in [0.25, 0.3) is 11.1 Å². The first-order valence-corrected chi connectivity index (χ1v) is 30.6. The molecule has 4 aromatic rings. The summed E-state index contributed by atoms with van der Waals surface area (Å²) < 4.78 is 3.83. The van der Waals surface area contributed by atoms with Crippen molar-refractivity contribution in [2.24, 2.45) is 0 Å². The summed E-state index contributed by atoms with van der Waals surface area (Å²) in [5, 5.41) is 3.07. The Bertz CT molecular complexity index is 1820. The van der Waals surface area contributed by atoms with E-state index in [1.807, 2.05) is 0 Å². The van der Waals surface area contributed by atoms with Crippen molar-refractivity contribution < 1.29 is 21.0 Å². The molecule has 0 spiro atoms. The number of hydrogen-bond donors (Lipinski definition) is 0. The van der Waals surface area contributed by atoms with Crippen LogP contribution in [-0.4, -0.2) is 19.4 Å². The number of rotatable bonds is 6. The van der Waals surface area contributed by atoms with Crippen molar-refractivity contribution in [2.45, 2.75) is 102 Å². The standard InChI is InChI=1S/C21H25.C19H26Si2.C5H5.Hf/c1-20(2,3)16-7-9-18-14(12-16)11-15-13-17(21(4,5)6)8-10-19(15)18;1-20(2,3)18-11-7-16(8-12-18)15-17-9-13-19(14-10-17)21(4,5)6;1-2-4-5-3-1;/h7-13H,1-6H3;7-14H,1-6H3;1-3H,4H2;. The third kappa shape index (κ3) is 6.94. The van der Waals surface area contributed by atoms with Crippen LogP contribution in [0.5, 0.6) is 0 Å². The van der Waals surface area contributed by atoms with Gasteiger partial charge in [0.15, 0.2) is 0 Å². The summed E-state index contributed by atoms with van der Waals surface area (Å²) in [6.07, 6.45) is 8.36. The average molecular weight is 832 g/mol. The van der Waals surface area contributed by atoms with Gasteiger partial charge in [0.1, 0.15) is 0 Å². The fourth-order valence-corrected chi connectivity index (χ4v) is 22.8. The maximum absolute atomic E-state index is 3.03. The van der Waals surface area contributed by atoms with E-state index in [2.05, 4.69) is 184 Å². The van der Waals surface area contributed by atoms with E-state index in [-0.39, 0.29) is 10.8 Å². The third-order valence-electron chi connectivity index (χ3n) is 10.5. The molecule has 248 valence electrons. The topological polar surface area (TPSA) is 0 Å². The molecule has 0 saturated heterocycles. The molecule has 0 N–H and O–H groups in total. The SMILES string of the molecule is CC(C)(C)c1ccc2c(c1)[CH]([Hf]([C]1=CC=CC1)=[C](c1ccc([Si](C)(C)C)cc1)c1ccc([Si](C)(C)C)cc1)c1cc(C(C)(C)C)ccc1-2. The Labute approximate surface area is 301 Å². The predicted molar refractivity (Wildman–Crippen MR) is 215 cm³/mol. The number of allylic oxidation sites excluding steroid dienone is 4. The second-order valence-corrected chi connectivity index (χ2v) is 37.6. The van der Waals surface area contributed by atoms with Crippen LogP contribution in [0.2, 0.25) is 39.3 Å². The molecule has 0 radical (unpaired) electrons. The molecule has 0 heterocycles. The fourth-order valence-electron chi connectivity index (χ4n) is 7.39. The van der Waals surface area contributed by atoms with Gasteiger partial charge in [0.2, 0.25) is 0 Å². The van der Waals surface area contributed by atoms with E-state index >= 15 is 0 Å². The van der Waals surface area contributed by atoms with Gasteiger partial charge in [0, 0.05) is 0 Å². The monoisotopic (exact) mass is 832 g/mol. The molecular weight excluding hydrogens is 775 g/mol. The molecule has 0 nitrogen and oxygen atoms in total. The van der Waals surface area contributed by atoms with Crippen molar-refractivity contribution >= 4 is 29.8 Å². The summed E-state index contributed by atoms with van der Waals surface area (Å²) in [7, 11) is -2.86. The molecule has 0 fully saturated rings. The summed E-state index contributed by atoms with van der Waals surface area (Å²) in [5.74, 6) is 0. The normalized spacial score (nSPS) is 15.0. The van der Waals surface area contributed by atoms with Crippen LogP contribution < -0.4 is 10.4 Å². The van der Waals surface area contributed by atoms with Gasteiger partial charge in [0.25, 0.3) is 0 Å². The molecule has 6 rings (SSSR count).